The van der Waals surface area contributed by atoms with Gasteiger partial charge in [0.05, 0.1) is 7.11 Å². The first kappa shape index (κ1) is 20.8. The van der Waals surface area contributed by atoms with Crippen molar-refractivity contribution in [3.8, 4) is 5.75 Å². The highest BCUT2D eigenvalue weighted by Gasteiger charge is 2.47. The molecule has 0 aliphatic carbocycles. The molecule has 158 valence electrons. The van der Waals surface area contributed by atoms with Crippen molar-refractivity contribution in [1.82, 2.24) is 9.80 Å². The van der Waals surface area contributed by atoms with Crippen LogP contribution in [-0.4, -0.2) is 49.5 Å². The zero-order chi connectivity index (χ0) is 20.1. The number of likely N-dealkylation sites (tertiary alicyclic amines) is 2. The standard InChI is InChI=1S/C24H26N2O3.ClH/c1-15-10-18-11-17(6-9-22(18)29-15)24(27)26-13-19-12-25(2)23(21(19)14-26)16-4-7-20(28-3)8-5-16;/h4-11,19,21,23H,12-14H2,1-3H3;1H/t19-,21+,23-;/m0./s1. The molecule has 0 saturated carbocycles. The van der Waals surface area contributed by atoms with Crippen LogP contribution in [0.1, 0.15) is 27.7 Å². The molecule has 2 aliphatic heterocycles. The van der Waals surface area contributed by atoms with Crippen LogP contribution in [-0.2, 0) is 0 Å². The lowest BCUT2D eigenvalue weighted by Gasteiger charge is -2.27. The molecule has 0 spiro atoms. The minimum atomic E-state index is 0. The monoisotopic (exact) mass is 426 g/mol. The number of aryl methyl sites for hydroxylation is 1. The number of hydrogen-bond donors (Lipinski definition) is 0. The van der Waals surface area contributed by atoms with Crippen LogP contribution in [0.2, 0.25) is 0 Å². The smallest absolute Gasteiger partial charge is 0.253 e. The predicted octanol–water partition coefficient (Wildman–Crippen LogP) is 4.55. The van der Waals surface area contributed by atoms with E-state index < -0.39 is 0 Å². The average molecular weight is 427 g/mol. The summed E-state index contributed by atoms with van der Waals surface area (Å²) >= 11 is 0. The fraction of sp³-hybridized carbons (Fsp3) is 0.375. The summed E-state index contributed by atoms with van der Waals surface area (Å²) in [5, 5.41) is 0.989. The van der Waals surface area contributed by atoms with Gasteiger partial charge in [0, 0.05) is 42.5 Å². The molecular formula is C24H27ClN2O3. The minimum Gasteiger partial charge on any atom is -0.497 e. The highest BCUT2D eigenvalue weighted by atomic mass is 35.5. The van der Waals surface area contributed by atoms with Crippen molar-refractivity contribution in [1.29, 1.82) is 0 Å². The number of nitrogens with zero attached hydrogens (tertiary/aromatic N) is 2. The lowest BCUT2D eigenvalue weighted by atomic mass is 9.89. The summed E-state index contributed by atoms with van der Waals surface area (Å²) in [7, 11) is 3.88. The summed E-state index contributed by atoms with van der Waals surface area (Å²) in [4.78, 5) is 17.7. The molecule has 5 rings (SSSR count). The van der Waals surface area contributed by atoms with E-state index in [0.29, 0.717) is 17.9 Å². The zero-order valence-corrected chi connectivity index (χ0v) is 18.3. The average Bonchev–Trinajstić information content (AvgIpc) is 3.37. The van der Waals surface area contributed by atoms with E-state index in [4.69, 9.17) is 9.15 Å². The third-order valence-electron chi connectivity index (χ3n) is 6.53. The third-order valence-corrected chi connectivity index (χ3v) is 6.53. The van der Waals surface area contributed by atoms with Gasteiger partial charge in [0.25, 0.3) is 5.91 Å². The molecule has 3 aromatic rings. The van der Waals surface area contributed by atoms with Crippen LogP contribution in [0.15, 0.2) is 52.9 Å². The highest BCUT2D eigenvalue weighted by Crippen LogP contribution is 2.44. The Morgan fingerprint density at radius 3 is 2.57 bits per heavy atom. The lowest BCUT2D eigenvalue weighted by molar-refractivity contribution is 0.0768. The van der Waals surface area contributed by atoms with Crippen molar-refractivity contribution in [2.75, 3.05) is 33.8 Å². The van der Waals surface area contributed by atoms with Gasteiger partial charge in [-0.3, -0.25) is 9.69 Å². The SMILES string of the molecule is COc1ccc([C@H]2[C@@H]3CN(C(=O)c4ccc5oc(C)cc5c4)C[C@@H]3CN2C)cc1.Cl. The molecule has 0 unspecified atom stereocenters. The van der Waals surface area contributed by atoms with Gasteiger partial charge in [-0.15, -0.1) is 12.4 Å². The maximum atomic E-state index is 13.2. The number of hydrogen-bond acceptors (Lipinski definition) is 4. The fourth-order valence-electron chi connectivity index (χ4n) is 5.22. The molecule has 30 heavy (non-hydrogen) atoms. The van der Waals surface area contributed by atoms with Crippen LogP contribution in [0.25, 0.3) is 11.0 Å². The first-order valence-corrected chi connectivity index (χ1v) is 10.2. The number of rotatable bonds is 3. The third kappa shape index (κ3) is 3.46. The largest absolute Gasteiger partial charge is 0.497 e. The highest BCUT2D eigenvalue weighted by molar-refractivity contribution is 5.98. The van der Waals surface area contributed by atoms with Gasteiger partial charge in [0.1, 0.15) is 17.1 Å². The Kier molecular flexibility index (Phi) is 5.51. The molecule has 2 saturated heterocycles. The lowest BCUT2D eigenvalue weighted by Crippen LogP contribution is -2.33. The molecule has 5 nitrogen and oxygen atoms in total. The van der Waals surface area contributed by atoms with Crippen LogP contribution in [0.4, 0.5) is 0 Å². The van der Waals surface area contributed by atoms with Crippen LogP contribution in [0, 0.1) is 18.8 Å². The van der Waals surface area contributed by atoms with Crippen molar-refractivity contribution in [3.63, 3.8) is 0 Å². The van der Waals surface area contributed by atoms with Gasteiger partial charge < -0.3 is 14.1 Å². The summed E-state index contributed by atoms with van der Waals surface area (Å²) in [6.45, 7) is 4.57. The maximum Gasteiger partial charge on any atom is 0.253 e. The van der Waals surface area contributed by atoms with Crippen LogP contribution >= 0.6 is 12.4 Å². The number of furan rings is 1. The van der Waals surface area contributed by atoms with Crippen molar-refractivity contribution < 1.29 is 13.9 Å². The molecule has 3 atom stereocenters. The zero-order valence-electron chi connectivity index (χ0n) is 17.5. The number of fused-ring (bicyclic) bond motifs is 2. The second-order valence-corrected chi connectivity index (χ2v) is 8.40. The molecule has 0 N–H and O–H groups in total. The van der Waals surface area contributed by atoms with Crippen LogP contribution in [0.5, 0.6) is 5.75 Å². The molecule has 1 aromatic heterocycles. The van der Waals surface area contributed by atoms with Gasteiger partial charge in [0.15, 0.2) is 0 Å². The van der Waals surface area contributed by atoms with Gasteiger partial charge >= 0.3 is 0 Å². The summed E-state index contributed by atoms with van der Waals surface area (Å²) in [6, 6.07) is 16.4. The van der Waals surface area contributed by atoms with Crippen LogP contribution < -0.4 is 4.74 Å². The number of ether oxygens (including phenoxy) is 1. The molecule has 0 radical (unpaired) electrons. The Labute approximate surface area is 183 Å². The van der Waals surface area contributed by atoms with Gasteiger partial charge in [-0.1, -0.05) is 12.1 Å². The van der Waals surface area contributed by atoms with Crippen LogP contribution in [0.3, 0.4) is 0 Å². The van der Waals surface area contributed by atoms with Crippen molar-refractivity contribution >= 4 is 29.3 Å². The Morgan fingerprint density at radius 2 is 1.83 bits per heavy atom. The number of carbonyl (C=O) groups is 1. The van der Waals surface area contributed by atoms with E-state index in [2.05, 4.69) is 24.1 Å². The van der Waals surface area contributed by atoms with Gasteiger partial charge in [-0.25, -0.2) is 0 Å². The first-order valence-electron chi connectivity index (χ1n) is 10.2. The summed E-state index contributed by atoms with van der Waals surface area (Å²) in [5.41, 5.74) is 2.87. The second kappa shape index (κ2) is 7.97. The molecule has 1 amide bonds. The van der Waals surface area contributed by atoms with E-state index in [-0.39, 0.29) is 18.3 Å². The molecule has 2 fully saturated rings. The fourth-order valence-corrected chi connectivity index (χ4v) is 5.22. The molecule has 3 heterocycles. The van der Waals surface area contributed by atoms with Gasteiger partial charge in [-0.05, 0) is 61.9 Å². The van der Waals surface area contributed by atoms with Crippen molar-refractivity contribution in [3.05, 3.63) is 65.4 Å². The molecule has 0 bridgehead atoms. The maximum absolute atomic E-state index is 13.2. The molecule has 2 aliphatic rings. The van der Waals surface area contributed by atoms with E-state index in [1.54, 1.807) is 7.11 Å². The van der Waals surface area contributed by atoms with E-state index in [1.807, 2.05) is 48.2 Å². The summed E-state index contributed by atoms with van der Waals surface area (Å²) in [5.74, 6) is 2.83. The Bertz CT molecular complexity index is 1060. The van der Waals surface area contributed by atoms with E-state index >= 15 is 0 Å². The Morgan fingerprint density at radius 1 is 1.07 bits per heavy atom. The normalized spacial score (nSPS) is 23.4. The summed E-state index contributed by atoms with van der Waals surface area (Å²) < 4.78 is 10.9. The first-order chi connectivity index (χ1) is 14.0. The number of amides is 1. The number of methoxy groups -OCH3 is 1. The molecular weight excluding hydrogens is 400 g/mol. The Hall–Kier alpha value is -2.50. The minimum absolute atomic E-state index is 0. The van der Waals surface area contributed by atoms with Crippen molar-refractivity contribution in [2.45, 2.75) is 13.0 Å². The van der Waals surface area contributed by atoms with Gasteiger partial charge in [0.2, 0.25) is 0 Å². The quantitative estimate of drug-likeness (QED) is 0.616. The van der Waals surface area contributed by atoms with Gasteiger partial charge in [-0.2, -0.15) is 0 Å². The van der Waals surface area contributed by atoms with Crippen molar-refractivity contribution in [2.24, 2.45) is 11.8 Å². The van der Waals surface area contributed by atoms with E-state index in [0.717, 1.165) is 47.7 Å². The molecule has 2 aromatic carbocycles. The second-order valence-electron chi connectivity index (χ2n) is 8.40. The molecule has 6 heteroatoms. The number of halogens is 1. The van der Waals surface area contributed by atoms with E-state index in [1.165, 1.54) is 5.56 Å². The van der Waals surface area contributed by atoms with E-state index in [9.17, 15) is 4.79 Å². The predicted molar refractivity (Wildman–Crippen MR) is 119 cm³/mol. The Balaban J connectivity index is 0.00000218. The number of carbonyl (C=O) groups excluding carboxylic acids is 1. The topological polar surface area (TPSA) is 45.9 Å². The number of benzene rings is 2. The summed E-state index contributed by atoms with van der Waals surface area (Å²) in [6.07, 6.45) is 0.